The van der Waals surface area contributed by atoms with Gasteiger partial charge in [-0.05, 0) is 6.42 Å². The van der Waals surface area contributed by atoms with Crippen molar-refractivity contribution in [3.63, 3.8) is 0 Å². The molecule has 0 aromatic carbocycles. The highest BCUT2D eigenvalue weighted by atomic mass is 32.2. The van der Waals surface area contributed by atoms with E-state index in [-0.39, 0.29) is 18.9 Å². The van der Waals surface area contributed by atoms with Crippen molar-refractivity contribution in [2.45, 2.75) is 26.3 Å². The van der Waals surface area contributed by atoms with Crippen LogP contribution in [0.15, 0.2) is 5.38 Å². The summed E-state index contributed by atoms with van der Waals surface area (Å²) >= 11 is 1.51. The summed E-state index contributed by atoms with van der Waals surface area (Å²) < 4.78 is 23.8. The zero-order valence-electron chi connectivity index (χ0n) is 10.4. The van der Waals surface area contributed by atoms with E-state index in [1.807, 2.05) is 12.3 Å². The first-order valence-electron chi connectivity index (χ1n) is 5.55. The van der Waals surface area contributed by atoms with Gasteiger partial charge in [-0.2, -0.15) is 0 Å². The average molecular weight is 291 g/mol. The quantitative estimate of drug-likeness (QED) is 0.754. The van der Waals surface area contributed by atoms with Crippen molar-refractivity contribution >= 4 is 27.3 Å². The third kappa shape index (κ3) is 6.08. The van der Waals surface area contributed by atoms with Gasteiger partial charge in [0.2, 0.25) is 15.9 Å². The van der Waals surface area contributed by atoms with Crippen molar-refractivity contribution in [3.05, 3.63) is 16.1 Å². The lowest BCUT2D eigenvalue weighted by Crippen LogP contribution is -2.29. The SMILES string of the molecule is CCc1csc(CNC(=O)CCNS(C)(=O)=O)n1. The summed E-state index contributed by atoms with van der Waals surface area (Å²) in [6.07, 6.45) is 2.06. The van der Waals surface area contributed by atoms with E-state index in [0.717, 1.165) is 23.4 Å². The Bertz CT molecular complexity index is 496. The van der Waals surface area contributed by atoms with E-state index in [1.165, 1.54) is 11.3 Å². The van der Waals surface area contributed by atoms with Crippen LogP contribution in [-0.2, 0) is 27.8 Å². The van der Waals surface area contributed by atoms with Crippen LogP contribution in [0.2, 0.25) is 0 Å². The van der Waals surface area contributed by atoms with E-state index >= 15 is 0 Å². The van der Waals surface area contributed by atoms with Gasteiger partial charge in [0.05, 0.1) is 18.5 Å². The highest BCUT2D eigenvalue weighted by Gasteiger charge is 2.06. The van der Waals surface area contributed by atoms with Gasteiger partial charge < -0.3 is 5.32 Å². The molecule has 1 amide bonds. The van der Waals surface area contributed by atoms with E-state index in [4.69, 9.17) is 0 Å². The number of amides is 1. The lowest BCUT2D eigenvalue weighted by Gasteiger charge is -2.03. The largest absolute Gasteiger partial charge is 0.350 e. The van der Waals surface area contributed by atoms with Crippen LogP contribution in [0, 0.1) is 0 Å². The summed E-state index contributed by atoms with van der Waals surface area (Å²) in [5.74, 6) is -0.195. The molecule has 0 saturated carbocycles. The molecule has 8 heteroatoms. The van der Waals surface area contributed by atoms with Crippen molar-refractivity contribution in [1.82, 2.24) is 15.0 Å². The van der Waals surface area contributed by atoms with E-state index in [1.54, 1.807) is 0 Å². The zero-order chi connectivity index (χ0) is 13.6. The fraction of sp³-hybridized carbons (Fsp3) is 0.600. The number of nitrogens with one attached hydrogen (secondary N) is 2. The number of aromatic nitrogens is 1. The van der Waals surface area contributed by atoms with Gasteiger partial charge >= 0.3 is 0 Å². The van der Waals surface area contributed by atoms with Crippen molar-refractivity contribution in [2.24, 2.45) is 0 Å². The number of aryl methyl sites for hydroxylation is 1. The van der Waals surface area contributed by atoms with Crippen LogP contribution < -0.4 is 10.0 Å². The molecule has 1 heterocycles. The molecule has 2 N–H and O–H groups in total. The second-order valence-electron chi connectivity index (χ2n) is 3.78. The Morgan fingerprint density at radius 2 is 2.22 bits per heavy atom. The Balaban J connectivity index is 2.25. The van der Waals surface area contributed by atoms with E-state index in [0.29, 0.717) is 6.54 Å². The summed E-state index contributed by atoms with van der Waals surface area (Å²) in [5, 5.41) is 5.52. The number of carbonyl (C=O) groups is 1. The monoisotopic (exact) mass is 291 g/mol. The van der Waals surface area contributed by atoms with Crippen molar-refractivity contribution in [3.8, 4) is 0 Å². The highest BCUT2D eigenvalue weighted by molar-refractivity contribution is 7.88. The van der Waals surface area contributed by atoms with Crippen LogP contribution in [0.4, 0.5) is 0 Å². The maximum absolute atomic E-state index is 11.4. The minimum absolute atomic E-state index is 0.114. The summed E-state index contributed by atoms with van der Waals surface area (Å²) in [5.41, 5.74) is 1.02. The molecule has 0 fully saturated rings. The van der Waals surface area contributed by atoms with Crippen LogP contribution in [-0.4, -0.2) is 32.1 Å². The minimum Gasteiger partial charge on any atom is -0.350 e. The summed E-state index contributed by atoms with van der Waals surface area (Å²) in [6.45, 7) is 2.53. The Hall–Kier alpha value is -0.990. The molecule has 0 saturated heterocycles. The molecule has 6 nitrogen and oxygen atoms in total. The molecule has 0 spiro atoms. The van der Waals surface area contributed by atoms with E-state index < -0.39 is 10.0 Å². The Morgan fingerprint density at radius 1 is 1.50 bits per heavy atom. The molecule has 0 aliphatic rings. The normalized spacial score (nSPS) is 11.4. The Morgan fingerprint density at radius 3 is 2.78 bits per heavy atom. The number of hydrogen-bond acceptors (Lipinski definition) is 5. The predicted octanol–water partition coefficient (Wildman–Crippen LogP) is 0.261. The lowest BCUT2D eigenvalue weighted by molar-refractivity contribution is -0.121. The van der Waals surface area contributed by atoms with Gasteiger partial charge in [0.15, 0.2) is 0 Å². The topological polar surface area (TPSA) is 88.2 Å². The molecule has 0 radical (unpaired) electrons. The molecular formula is C10H17N3O3S2. The number of nitrogens with zero attached hydrogens (tertiary/aromatic N) is 1. The van der Waals surface area contributed by atoms with E-state index in [9.17, 15) is 13.2 Å². The fourth-order valence-corrected chi connectivity index (χ4v) is 2.49. The smallest absolute Gasteiger partial charge is 0.221 e. The first-order valence-corrected chi connectivity index (χ1v) is 8.32. The summed E-state index contributed by atoms with van der Waals surface area (Å²) in [7, 11) is -3.23. The van der Waals surface area contributed by atoms with E-state index in [2.05, 4.69) is 15.0 Å². The summed E-state index contributed by atoms with van der Waals surface area (Å²) in [6, 6.07) is 0. The number of thiazole rings is 1. The van der Waals surface area contributed by atoms with Crippen LogP contribution in [0.5, 0.6) is 0 Å². The van der Waals surface area contributed by atoms with Gasteiger partial charge in [-0.3, -0.25) is 4.79 Å². The average Bonchev–Trinajstić information content (AvgIpc) is 2.72. The van der Waals surface area contributed by atoms with Gasteiger partial charge in [-0.1, -0.05) is 6.92 Å². The maximum atomic E-state index is 11.4. The Labute approximate surface area is 111 Å². The standard InChI is InChI=1S/C10H17N3O3S2/c1-3-8-7-17-10(13-8)6-11-9(14)4-5-12-18(2,15)16/h7,12H,3-6H2,1-2H3,(H,11,14). The first-order chi connectivity index (χ1) is 8.40. The lowest BCUT2D eigenvalue weighted by atomic mass is 10.4. The summed E-state index contributed by atoms with van der Waals surface area (Å²) in [4.78, 5) is 15.7. The van der Waals surface area contributed by atoms with Gasteiger partial charge in [-0.15, -0.1) is 11.3 Å². The fourth-order valence-electron chi connectivity index (χ4n) is 1.21. The van der Waals surface area contributed by atoms with Gasteiger partial charge in [-0.25, -0.2) is 18.1 Å². The molecule has 0 unspecified atom stereocenters. The van der Waals surface area contributed by atoms with Crippen LogP contribution in [0.1, 0.15) is 24.0 Å². The zero-order valence-corrected chi connectivity index (χ0v) is 12.0. The third-order valence-electron chi connectivity index (χ3n) is 2.11. The van der Waals surface area contributed by atoms with Crippen LogP contribution in [0.25, 0.3) is 0 Å². The maximum Gasteiger partial charge on any atom is 0.221 e. The molecule has 0 atom stereocenters. The van der Waals surface area contributed by atoms with Gasteiger partial charge in [0, 0.05) is 18.3 Å². The number of carbonyl (C=O) groups excluding carboxylic acids is 1. The molecule has 1 aromatic rings. The third-order valence-corrected chi connectivity index (χ3v) is 3.74. The highest BCUT2D eigenvalue weighted by Crippen LogP contribution is 2.09. The second kappa shape index (κ2) is 6.81. The van der Waals surface area contributed by atoms with Crippen LogP contribution in [0.3, 0.4) is 0 Å². The minimum atomic E-state index is -3.23. The molecular weight excluding hydrogens is 274 g/mol. The molecule has 0 aliphatic carbocycles. The molecule has 0 aliphatic heterocycles. The first kappa shape index (κ1) is 15.1. The van der Waals surface area contributed by atoms with Crippen molar-refractivity contribution < 1.29 is 13.2 Å². The molecule has 102 valence electrons. The molecule has 0 bridgehead atoms. The molecule has 1 rings (SSSR count). The van der Waals surface area contributed by atoms with Crippen molar-refractivity contribution in [1.29, 1.82) is 0 Å². The second-order valence-corrected chi connectivity index (χ2v) is 6.56. The number of sulfonamides is 1. The van der Waals surface area contributed by atoms with Crippen LogP contribution >= 0.6 is 11.3 Å². The predicted molar refractivity (Wildman–Crippen MR) is 70.8 cm³/mol. The number of hydrogen-bond donors (Lipinski definition) is 2. The molecule has 1 aromatic heterocycles. The number of rotatable bonds is 7. The van der Waals surface area contributed by atoms with Gasteiger partial charge in [0.25, 0.3) is 0 Å². The van der Waals surface area contributed by atoms with Gasteiger partial charge in [0.1, 0.15) is 5.01 Å². The Kier molecular flexibility index (Phi) is 5.70. The molecule has 18 heavy (non-hydrogen) atoms. The van der Waals surface area contributed by atoms with Crippen molar-refractivity contribution in [2.75, 3.05) is 12.8 Å².